The van der Waals surface area contributed by atoms with Crippen LogP contribution < -0.4 is 5.32 Å². The zero-order chi connectivity index (χ0) is 14.5. The number of halogens is 1. The fraction of sp³-hybridized carbons (Fsp3) is 0.533. The maximum atomic E-state index is 11.8. The largest absolute Gasteiger partial charge is 0.393 e. The molecule has 20 heavy (non-hydrogen) atoms. The van der Waals surface area contributed by atoms with Gasteiger partial charge in [0.15, 0.2) is 0 Å². The van der Waals surface area contributed by atoms with Crippen molar-refractivity contribution < 1.29 is 9.90 Å². The molecule has 5 heteroatoms. The molecule has 4 nitrogen and oxygen atoms in total. The van der Waals surface area contributed by atoms with Gasteiger partial charge < -0.3 is 10.4 Å². The Morgan fingerprint density at radius 2 is 2.15 bits per heavy atom. The molecule has 2 N–H and O–H groups in total. The second-order valence-corrected chi connectivity index (χ2v) is 5.96. The van der Waals surface area contributed by atoms with Gasteiger partial charge in [-0.15, -0.1) is 0 Å². The van der Waals surface area contributed by atoms with Gasteiger partial charge in [-0.3, -0.25) is 9.69 Å². The van der Waals surface area contributed by atoms with Crippen molar-refractivity contribution in [1.29, 1.82) is 0 Å². The molecular weight excluding hydrogens is 276 g/mol. The van der Waals surface area contributed by atoms with E-state index >= 15 is 0 Å². The van der Waals surface area contributed by atoms with Gasteiger partial charge in [0.05, 0.1) is 12.6 Å². The van der Waals surface area contributed by atoms with Crippen molar-refractivity contribution in [3.05, 3.63) is 34.9 Å². The summed E-state index contributed by atoms with van der Waals surface area (Å²) in [6.07, 6.45) is 1.57. The number of aliphatic hydroxyl groups is 1. The number of benzene rings is 1. The second kappa shape index (κ2) is 7.07. The van der Waals surface area contributed by atoms with Crippen LogP contribution in [0, 0.1) is 5.92 Å². The first-order chi connectivity index (χ1) is 9.54. The van der Waals surface area contributed by atoms with Crippen LogP contribution in [0.1, 0.15) is 18.4 Å². The monoisotopic (exact) mass is 296 g/mol. The molecule has 0 radical (unpaired) electrons. The van der Waals surface area contributed by atoms with Gasteiger partial charge in [-0.1, -0.05) is 29.8 Å². The van der Waals surface area contributed by atoms with E-state index in [4.69, 9.17) is 11.6 Å². The Morgan fingerprint density at radius 3 is 2.80 bits per heavy atom. The molecule has 110 valence electrons. The number of hydrogen-bond acceptors (Lipinski definition) is 3. The zero-order valence-corrected chi connectivity index (χ0v) is 12.4. The molecule has 0 atom stereocenters. The second-order valence-electron chi connectivity index (χ2n) is 5.56. The SMILES string of the molecule is CN(CC(=O)NCc1ccccc1Cl)CC1CC(O)C1. The van der Waals surface area contributed by atoms with Crippen molar-refractivity contribution in [2.45, 2.75) is 25.5 Å². The number of carbonyl (C=O) groups is 1. The maximum Gasteiger partial charge on any atom is 0.234 e. The Morgan fingerprint density at radius 1 is 1.45 bits per heavy atom. The average molecular weight is 297 g/mol. The van der Waals surface area contributed by atoms with Crippen LogP contribution in [-0.4, -0.2) is 42.2 Å². The lowest BCUT2D eigenvalue weighted by Crippen LogP contribution is -2.41. The summed E-state index contributed by atoms with van der Waals surface area (Å²) in [5, 5.41) is 12.8. The Balaban J connectivity index is 1.68. The van der Waals surface area contributed by atoms with E-state index in [1.807, 2.05) is 36.2 Å². The van der Waals surface area contributed by atoms with Crippen LogP contribution >= 0.6 is 11.6 Å². The van der Waals surface area contributed by atoms with Crippen molar-refractivity contribution in [3.63, 3.8) is 0 Å². The summed E-state index contributed by atoms with van der Waals surface area (Å²) in [5.41, 5.74) is 0.923. The van der Waals surface area contributed by atoms with Gasteiger partial charge in [0.25, 0.3) is 0 Å². The minimum absolute atomic E-state index is 0.00714. The van der Waals surface area contributed by atoms with E-state index < -0.39 is 0 Å². The van der Waals surface area contributed by atoms with E-state index in [2.05, 4.69) is 5.32 Å². The molecule has 0 heterocycles. The van der Waals surface area contributed by atoms with E-state index in [1.165, 1.54) is 0 Å². The summed E-state index contributed by atoms with van der Waals surface area (Å²) in [4.78, 5) is 13.8. The van der Waals surface area contributed by atoms with Gasteiger partial charge in [-0.05, 0) is 37.4 Å². The molecule has 1 aromatic rings. The summed E-state index contributed by atoms with van der Waals surface area (Å²) in [7, 11) is 1.93. The Kier molecular flexibility index (Phi) is 5.40. The van der Waals surface area contributed by atoms with E-state index in [0.29, 0.717) is 24.0 Å². The molecule has 1 aliphatic rings. The summed E-state index contributed by atoms with van der Waals surface area (Å²) in [6.45, 7) is 1.68. The van der Waals surface area contributed by atoms with Gasteiger partial charge in [0.2, 0.25) is 5.91 Å². The topological polar surface area (TPSA) is 52.6 Å². The van der Waals surface area contributed by atoms with Gasteiger partial charge >= 0.3 is 0 Å². The molecule has 1 fully saturated rings. The van der Waals surface area contributed by atoms with Crippen molar-refractivity contribution in [2.75, 3.05) is 20.1 Å². The number of amides is 1. The number of likely N-dealkylation sites (N-methyl/N-ethyl adjacent to an activating group) is 1. The number of carbonyl (C=O) groups excluding carboxylic acids is 1. The van der Waals surface area contributed by atoms with E-state index in [1.54, 1.807) is 0 Å². The molecule has 0 aliphatic heterocycles. The molecule has 0 saturated heterocycles. The average Bonchev–Trinajstić information content (AvgIpc) is 2.36. The summed E-state index contributed by atoms with van der Waals surface area (Å²) >= 11 is 6.04. The molecule has 0 bridgehead atoms. The minimum Gasteiger partial charge on any atom is -0.393 e. The van der Waals surface area contributed by atoms with Gasteiger partial charge in [-0.2, -0.15) is 0 Å². The summed E-state index contributed by atoms with van der Waals surface area (Å²) < 4.78 is 0. The lowest BCUT2D eigenvalue weighted by molar-refractivity contribution is -0.122. The first-order valence-corrected chi connectivity index (χ1v) is 7.29. The first kappa shape index (κ1) is 15.3. The van der Waals surface area contributed by atoms with Crippen LogP contribution in [0.5, 0.6) is 0 Å². The van der Waals surface area contributed by atoms with E-state index in [9.17, 15) is 9.90 Å². The van der Waals surface area contributed by atoms with Crippen LogP contribution in [0.15, 0.2) is 24.3 Å². The van der Waals surface area contributed by atoms with Crippen molar-refractivity contribution in [1.82, 2.24) is 10.2 Å². The van der Waals surface area contributed by atoms with Crippen molar-refractivity contribution >= 4 is 17.5 Å². The quantitative estimate of drug-likeness (QED) is 0.839. The lowest BCUT2D eigenvalue weighted by atomic mass is 9.82. The van der Waals surface area contributed by atoms with Crippen molar-refractivity contribution in [2.24, 2.45) is 5.92 Å². The van der Waals surface area contributed by atoms with Crippen molar-refractivity contribution in [3.8, 4) is 0 Å². The highest BCUT2D eigenvalue weighted by Gasteiger charge is 2.28. The molecule has 0 aromatic heterocycles. The predicted octanol–water partition coefficient (Wildman–Crippen LogP) is 1.66. The minimum atomic E-state index is -0.137. The maximum absolute atomic E-state index is 11.8. The zero-order valence-electron chi connectivity index (χ0n) is 11.7. The fourth-order valence-electron chi connectivity index (χ4n) is 2.49. The fourth-order valence-corrected chi connectivity index (χ4v) is 2.69. The molecule has 1 aliphatic carbocycles. The summed E-state index contributed by atoms with van der Waals surface area (Å²) in [5.74, 6) is 0.513. The van der Waals surface area contributed by atoms with E-state index in [-0.39, 0.29) is 12.0 Å². The smallest absolute Gasteiger partial charge is 0.234 e. The molecule has 0 spiro atoms. The molecular formula is C15H21ClN2O2. The van der Waals surface area contributed by atoms with Gasteiger partial charge in [0, 0.05) is 18.1 Å². The normalized spacial score (nSPS) is 21.6. The summed E-state index contributed by atoms with van der Waals surface area (Å²) in [6, 6.07) is 7.50. The standard InChI is InChI=1S/C15H21ClN2O2/c1-18(9-11-6-13(19)7-11)10-15(20)17-8-12-4-2-3-5-14(12)16/h2-5,11,13,19H,6-10H2,1H3,(H,17,20). The number of nitrogens with zero attached hydrogens (tertiary/aromatic N) is 1. The number of hydrogen-bond donors (Lipinski definition) is 2. The van der Waals surface area contributed by atoms with Gasteiger partial charge in [-0.25, -0.2) is 0 Å². The lowest BCUT2D eigenvalue weighted by Gasteiger charge is -2.34. The Hall–Kier alpha value is -1.10. The molecule has 1 saturated carbocycles. The highest BCUT2D eigenvalue weighted by Crippen LogP contribution is 2.27. The molecule has 1 aromatic carbocycles. The van der Waals surface area contributed by atoms with Crippen LogP contribution in [0.4, 0.5) is 0 Å². The Labute approximate surface area is 124 Å². The third-order valence-corrected chi connectivity index (χ3v) is 4.00. The van der Waals surface area contributed by atoms with Crippen LogP contribution in [0.2, 0.25) is 5.02 Å². The predicted molar refractivity (Wildman–Crippen MR) is 79.5 cm³/mol. The van der Waals surface area contributed by atoms with Gasteiger partial charge in [0.1, 0.15) is 0 Å². The van der Waals surface area contributed by atoms with Crippen LogP contribution in [0.3, 0.4) is 0 Å². The van der Waals surface area contributed by atoms with E-state index in [0.717, 1.165) is 24.9 Å². The molecule has 2 rings (SSSR count). The Bertz CT molecular complexity index is 461. The number of rotatable bonds is 6. The molecule has 1 amide bonds. The van der Waals surface area contributed by atoms with Crippen LogP contribution in [0.25, 0.3) is 0 Å². The highest BCUT2D eigenvalue weighted by atomic mass is 35.5. The van der Waals surface area contributed by atoms with Crippen LogP contribution in [-0.2, 0) is 11.3 Å². The number of aliphatic hydroxyl groups excluding tert-OH is 1. The third-order valence-electron chi connectivity index (χ3n) is 3.63. The third kappa shape index (κ3) is 4.47. The highest BCUT2D eigenvalue weighted by molar-refractivity contribution is 6.31. The molecule has 0 unspecified atom stereocenters. The first-order valence-electron chi connectivity index (χ1n) is 6.91. The number of nitrogens with one attached hydrogen (secondary N) is 1.